The molecule has 1 aromatic rings. The Kier molecular flexibility index (Phi) is 3.43. The lowest BCUT2D eigenvalue weighted by Crippen LogP contribution is -2.13. The van der Waals surface area contributed by atoms with Crippen molar-refractivity contribution in [2.45, 2.75) is 25.4 Å². The Balaban J connectivity index is 2.62. The Morgan fingerprint density at radius 2 is 1.94 bits per heavy atom. The predicted octanol–water partition coefficient (Wildman–Crippen LogP) is 1.31. The molecule has 0 heterocycles. The van der Waals surface area contributed by atoms with Gasteiger partial charge in [-0.15, -0.1) is 0 Å². The smallest absolute Gasteiger partial charge is 0.337 e. The fraction of sp³-hybridized carbons (Fsp3) is 0.462. The number of aliphatic hydroxyl groups excluding tert-OH is 1. The number of aliphatic hydroxyl groups is 1. The Hall–Kier alpha value is -1.75. The van der Waals surface area contributed by atoms with Crippen LogP contribution in [0.4, 0.5) is 0 Å². The lowest BCUT2D eigenvalue weighted by molar-refractivity contribution is -0.147. The van der Waals surface area contributed by atoms with E-state index in [9.17, 15) is 9.90 Å². The minimum atomic E-state index is -1.60. The first kappa shape index (κ1) is 12.7. The summed E-state index contributed by atoms with van der Waals surface area (Å²) < 4.78 is 10.5. The monoisotopic (exact) mass is 252 g/mol. The highest BCUT2D eigenvalue weighted by Gasteiger charge is 2.28. The number of aliphatic carboxylic acids is 1. The molecular weight excluding hydrogens is 236 g/mol. The van der Waals surface area contributed by atoms with Gasteiger partial charge in [-0.25, -0.2) is 4.79 Å². The van der Waals surface area contributed by atoms with Crippen LogP contribution in [0.5, 0.6) is 11.5 Å². The van der Waals surface area contributed by atoms with Crippen molar-refractivity contribution in [3.63, 3.8) is 0 Å². The minimum Gasteiger partial charge on any atom is -0.496 e. The van der Waals surface area contributed by atoms with E-state index in [1.54, 1.807) is 6.07 Å². The highest BCUT2D eigenvalue weighted by Crippen LogP contribution is 2.42. The van der Waals surface area contributed by atoms with E-state index in [0.717, 1.165) is 30.4 Å². The Morgan fingerprint density at radius 1 is 1.28 bits per heavy atom. The van der Waals surface area contributed by atoms with Crippen LogP contribution in [-0.2, 0) is 17.6 Å². The standard InChI is InChI=1S/C13H16O5/c1-17-10-6-9(11(14)13(15)16)12(18-2)8-5-3-4-7(8)10/h6,11,14H,3-5H2,1-2H3,(H,15,16). The van der Waals surface area contributed by atoms with Gasteiger partial charge in [-0.3, -0.25) is 0 Å². The quantitative estimate of drug-likeness (QED) is 0.845. The van der Waals surface area contributed by atoms with Gasteiger partial charge in [-0.2, -0.15) is 0 Å². The molecule has 0 radical (unpaired) electrons. The molecule has 0 fully saturated rings. The molecule has 5 nitrogen and oxygen atoms in total. The summed E-state index contributed by atoms with van der Waals surface area (Å²) in [5.41, 5.74) is 2.25. The lowest BCUT2D eigenvalue weighted by Gasteiger charge is -2.18. The molecule has 0 spiro atoms. The zero-order valence-corrected chi connectivity index (χ0v) is 10.4. The van der Waals surface area contributed by atoms with Crippen molar-refractivity contribution < 1.29 is 24.5 Å². The van der Waals surface area contributed by atoms with Crippen LogP contribution < -0.4 is 9.47 Å². The SMILES string of the molecule is COc1cc(C(O)C(=O)O)c(OC)c2c1CCC2. The van der Waals surface area contributed by atoms with Crippen molar-refractivity contribution in [1.29, 1.82) is 0 Å². The van der Waals surface area contributed by atoms with E-state index >= 15 is 0 Å². The molecule has 2 rings (SSSR count). The molecule has 0 amide bonds. The van der Waals surface area contributed by atoms with E-state index in [-0.39, 0.29) is 5.56 Å². The molecule has 1 unspecified atom stereocenters. The second kappa shape index (κ2) is 4.86. The number of methoxy groups -OCH3 is 2. The third-order valence-electron chi connectivity index (χ3n) is 3.29. The molecule has 1 aliphatic rings. The maximum absolute atomic E-state index is 10.9. The van der Waals surface area contributed by atoms with Gasteiger partial charge in [-0.05, 0) is 25.3 Å². The molecule has 1 aliphatic carbocycles. The molecule has 98 valence electrons. The van der Waals surface area contributed by atoms with Gasteiger partial charge in [0.15, 0.2) is 6.10 Å². The van der Waals surface area contributed by atoms with Gasteiger partial charge in [0.05, 0.1) is 14.2 Å². The molecule has 1 atom stereocenters. The molecule has 5 heteroatoms. The Morgan fingerprint density at radius 3 is 2.50 bits per heavy atom. The summed E-state index contributed by atoms with van der Waals surface area (Å²) in [7, 11) is 3.02. The predicted molar refractivity (Wildman–Crippen MR) is 64.2 cm³/mol. The first-order valence-corrected chi connectivity index (χ1v) is 5.77. The van der Waals surface area contributed by atoms with E-state index in [1.807, 2.05) is 0 Å². The summed E-state index contributed by atoms with van der Waals surface area (Å²) in [5, 5.41) is 18.6. The van der Waals surface area contributed by atoms with Crippen LogP contribution in [0.2, 0.25) is 0 Å². The Bertz CT molecular complexity index is 481. The van der Waals surface area contributed by atoms with Gasteiger partial charge < -0.3 is 19.7 Å². The van der Waals surface area contributed by atoms with Gasteiger partial charge in [0.2, 0.25) is 0 Å². The second-order valence-electron chi connectivity index (χ2n) is 4.25. The fourth-order valence-corrected chi connectivity index (χ4v) is 2.49. The number of carbonyl (C=O) groups is 1. The average molecular weight is 252 g/mol. The molecular formula is C13H16O5. The largest absolute Gasteiger partial charge is 0.496 e. The van der Waals surface area contributed by atoms with Crippen LogP contribution in [0.15, 0.2) is 6.07 Å². The molecule has 0 saturated heterocycles. The third kappa shape index (κ3) is 1.90. The average Bonchev–Trinajstić information content (AvgIpc) is 2.84. The maximum Gasteiger partial charge on any atom is 0.337 e. The van der Waals surface area contributed by atoms with Crippen LogP contribution in [0.25, 0.3) is 0 Å². The summed E-state index contributed by atoms with van der Waals surface area (Å²) in [6.45, 7) is 0. The van der Waals surface area contributed by atoms with Gasteiger partial charge in [-0.1, -0.05) is 0 Å². The van der Waals surface area contributed by atoms with Gasteiger partial charge in [0.25, 0.3) is 0 Å². The highest BCUT2D eigenvalue weighted by molar-refractivity contribution is 5.76. The number of hydrogen-bond acceptors (Lipinski definition) is 4. The van der Waals surface area contributed by atoms with Gasteiger partial charge >= 0.3 is 5.97 Å². The zero-order valence-electron chi connectivity index (χ0n) is 10.4. The molecule has 0 bridgehead atoms. The fourth-order valence-electron chi connectivity index (χ4n) is 2.49. The van der Waals surface area contributed by atoms with Crippen LogP contribution in [-0.4, -0.2) is 30.4 Å². The van der Waals surface area contributed by atoms with Crippen molar-refractivity contribution >= 4 is 5.97 Å². The van der Waals surface area contributed by atoms with E-state index in [1.165, 1.54) is 14.2 Å². The number of carboxylic acid groups (broad SMARTS) is 1. The third-order valence-corrected chi connectivity index (χ3v) is 3.29. The van der Waals surface area contributed by atoms with Crippen molar-refractivity contribution in [3.05, 3.63) is 22.8 Å². The summed E-state index contributed by atoms with van der Waals surface area (Å²) >= 11 is 0. The van der Waals surface area contributed by atoms with E-state index < -0.39 is 12.1 Å². The topological polar surface area (TPSA) is 76.0 Å². The van der Waals surface area contributed by atoms with Crippen LogP contribution >= 0.6 is 0 Å². The first-order chi connectivity index (χ1) is 8.60. The lowest BCUT2D eigenvalue weighted by atomic mass is 9.99. The number of hydrogen-bond donors (Lipinski definition) is 2. The molecule has 1 aromatic carbocycles. The summed E-state index contributed by atoms with van der Waals surface area (Å²) in [6, 6.07) is 1.56. The number of benzene rings is 1. The normalized spacial score (nSPS) is 15.1. The van der Waals surface area contributed by atoms with Crippen molar-refractivity contribution in [2.75, 3.05) is 14.2 Å². The maximum atomic E-state index is 10.9. The summed E-state index contributed by atoms with van der Waals surface area (Å²) in [6.07, 6.45) is 1.09. The summed E-state index contributed by atoms with van der Waals surface area (Å²) in [4.78, 5) is 10.9. The zero-order chi connectivity index (χ0) is 13.3. The first-order valence-electron chi connectivity index (χ1n) is 5.77. The van der Waals surface area contributed by atoms with E-state index in [0.29, 0.717) is 11.5 Å². The molecule has 2 N–H and O–H groups in total. The van der Waals surface area contributed by atoms with E-state index in [2.05, 4.69) is 0 Å². The second-order valence-corrected chi connectivity index (χ2v) is 4.25. The van der Waals surface area contributed by atoms with Crippen molar-refractivity contribution in [2.24, 2.45) is 0 Å². The highest BCUT2D eigenvalue weighted by atomic mass is 16.5. The summed E-state index contributed by atoms with van der Waals surface area (Å²) in [5.74, 6) is -0.204. The van der Waals surface area contributed by atoms with Crippen LogP contribution in [0.1, 0.15) is 29.2 Å². The molecule has 0 aliphatic heterocycles. The van der Waals surface area contributed by atoms with E-state index in [4.69, 9.17) is 14.6 Å². The molecule has 0 saturated carbocycles. The van der Waals surface area contributed by atoms with Crippen molar-refractivity contribution in [3.8, 4) is 11.5 Å². The molecule has 18 heavy (non-hydrogen) atoms. The van der Waals surface area contributed by atoms with Gasteiger partial charge in [0.1, 0.15) is 11.5 Å². The Labute approximate surface area is 105 Å². The van der Waals surface area contributed by atoms with Crippen LogP contribution in [0.3, 0.4) is 0 Å². The van der Waals surface area contributed by atoms with Gasteiger partial charge in [0, 0.05) is 16.7 Å². The molecule has 0 aromatic heterocycles. The van der Waals surface area contributed by atoms with Crippen LogP contribution in [0, 0.1) is 0 Å². The minimum absolute atomic E-state index is 0.252. The number of rotatable bonds is 4. The number of fused-ring (bicyclic) bond motifs is 1. The van der Waals surface area contributed by atoms with Crippen molar-refractivity contribution in [1.82, 2.24) is 0 Å². The number of ether oxygens (including phenoxy) is 2. The number of carboxylic acids is 1.